The molecule has 0 aromatic heterocycles. The molecule has 22 heavy (non-hydrogen) atoms. The molecule has 120 valence electrons. The summed E-state index contributed by atoms with van der Waals surface area (Å²) in [5.74, 6) is -0.0551. The van der Waals surface area contributed by atoms with Gasteiger partial charge in [-0.05, 0) is 18.6 Å². The Morgan fingerprint density at radius 2 is 1.82 bits per heavy atom. The lowest BCUT2D eigenvalue weighted by Crippen LogP contribution is -2.37. The van der Waals surface area contributed by atoms with E-state index in [0.717, 1.165) is 37.2 Å². The molecule has 2 amide bonds. The number of unbranched alkanes of at least 4 members (excludes halogenated alkanes) is 4. The van der Waals surface area contributed by atoms with Gasteiger partial charge in [-0.3, -0.25) is 9.59 Å². The Balaban J connectivity index is 2.17. The van der Waals surface area contributed by atoms with Gasteiger partial charge >= 0.3 is 0 Å². The Hall–Kier alpha value is -1.84. The summed E-state index contributed by atoms with van der Waals surface area (Å²) in [6.07, 6.45) is 6.67. The van der Waals surface area contributed by atoms with E-state index in [1.165, 1.54) is 19.3 Å². The number of benzene rings is 1. The van der Waals surface area contributed by atoms with Crippen LogP contribution < -0.4 is 9.80 Å². The topological polar surface area (TPSA) is 40.6 Å². The standard InChI is InChI=1S/C18H26N2O2/c1-3-4-5-6-9-12-20-17-11-8-7-10-16(17)19(14-21)13-15(2)18(20)22/h7-8,10-11,14-15H,3-6,9,12-13H2,1-2H3. The summed E-state index contributed by atoms with van der Waals surface area (Å²) in [7, 11) is 0. The van der Waals surface area contributed by atoms with E-state index in [1.807, 2.05) is 36.1 Å². The molecule has 0 saturated heterocycles. The Morgan fingerprint density at radius 1 is 1.14 bits per heavy atom. The van der Waals surface area contributed by atoms with Gasteiger partial charge in [0.15, 0.2) is 0 Å². The number of hydrogen-bond donors (Lipinski definition) is 0. The molecule has 0 N–H and O–H groups in total. The highest BCUT2D eigenvalue weighted by atomic mass is 16.2. The summed E-state index contributed by atoms with van der Waals surface area (Å²) in [4.78, 5) is 27.6. The van der Waals surface area contributed by atoms with Crippen molar-refractivity contribution < 1.29 is 9.59 Å². The molecule has 2 rings (SSSR count). The number of rotatable bonds is 7. The summed E-state index contributed by atoms with van der Waals surface area (Å²) in [5, 5.41) is 0. The first-order valence-electron chi connectivity index (χ1n) is 8.31. The number of carbonyl (C=O) groups is 2. The first-order chi connectivity index (χ1) is 10.7. The van der Waals surface area contributed by atoms with Crippen LogP contribution in [0.15, 0.2) is 24.3 Å². The molecule has 1 heterocycles. The Morgan fingerprint density at radius 3 is 2.50 bits per heavy atom. The zero-order chi connectivity index (χ0) is 15.9. The number of carbonyl (C=O) groups excluding carboxylic acids is 2. The maximum atomic E-state index is 12.7. The largest absolute Gasteiger partial charge is 0.312 e. The second kappa shape index (κ2) is 7.97. The van der Waals surface area contributed by atoms with Gasteiger partial charge < -0.3 is 9.80 Å². The highest BCUT2D eigenvalue weighted by Gasteiger charge is 2.30. The van der Waals surface area contributed by atoms with E-state index in [0.29, 0.717) is 6.54 Å². The second-order valence-electron chi connectivity index (χ2n) is 6.05. The van der Waals surface area contributed by atoms with Crippen LogP contribution in [-0.4, -0.2) is 25.4 Å². The van der Waals surface area contributed by atoms with Crippen LogP contribution in [0.2, 0.25) is 0 Å². The lowest BCUT2D eigenvalue weighted by Gasteiger charge is -2.24. The molecule has 0 aliphatic carbocycles. The van der Waals surface area contributed by atoms with Gasteiger partial charge in [0.25, 0.3) is 0 Å². The zero-order valence-corrected chi connectivity index (χ0v) is 13.6. The van der Waals surface area contributed by atoms with Crippen molar-refractivity contribution in [3.8, 4) is 0 Å². The van der Waals surface area contributed by atoms with E-state index < -0.39 is 0 Å². The lowest BCUT2D eigenvalue weighted by molar-refractivity contribution is -0.121. The van der Waals surface area contributed by atoms with Gasteiger partial charge in [0.05, 0.1) is 17.3 Å². The second-order valence-corrected chi connectivity index (χ2v) is 6.05. The highest BCUT2D eigenvalue weighted by Crippen LogP contribution is 2.33. The molecule has 1 aliphatic rings. The molecule has 0 fully saturated rings. The Labute approximate surface area is 133 Å². The quantitative estimate of drug-likeness (QED) is 0.570. The number of fused-ring (bicyclic) bond motifs is 1. The predicted molar refractivity (Wildman–Crippen MR) is 90.1 cm³/mol. The van der Waals surface area contributed by atoms with Gasteiger partial charge in [-0.2, -0.15) is 0 Å². The van der Waals surface area contributed by atoms with Crippen molar-refractivity contribution >= 4 is 23.7 Å². The van der Waals surface area contributed by atoms with Gasteiger partial charge in [0.1, 0.15) is 0 Å². The summed E-state index contributed by atoms with van der Waals surface area (Å²) in [6.45, 7) is 5.28. The molecule has 1 aliphatic heterocycles. The maximum absolute atomic E-state index is 12.7. The summed E-state index contributed by atoms with van der Waals surface area (Å²) < 4.78 is 0. The van der Waals surface area contributed by atoms with E-state index in [4.69, 9.17) is 0 Å². The minimum atomic E-state index is -0.173. The van der Waals surface area contributed by atoms with Crippen LogP contribution in [0, 0.1) is 5.92 Å². The monoisotopic (exact) mass is 302 g/mol. The third-order valence-corrected chi connectivity index (χ3v) is 4.25. The van der Waals surface area contributed by atoms with E-state index in [9.17, 15) is 9.59 Å². The molecule has 0 saturated carbocycles. The molecule has 1 unspecified atom stereocenters. The molecule has 0 radical (unpaired) electrons. The van der Waals surface area contributed by atoms with Crippen LogP contribution in [0.3, 0.4) is 0 Å². The third-order valence-electron chi connectivity index (χ3n) is 4.25. The van der Waals surface area contributed by atoms with Crippen LogP contribution >= 0.6 is 0 Å². The number of anilines is 2. The molecule has 4 heteroatoms. The Kier molecular flexibility index (Phi) is 5.99. The molecule has 1 aromatic rings. The van der Waals surface area contributed by atoms with Crippen LogP contribution in [-0.2, 0) is 9.59 Å². The van der Waals surface area contributed by atoms with Crippen molar-refractivity contribution in [2.75, 3.05) is 22.9 Å². The van der Waals surface area contributed by atoms with Gasteiger partial charge in [0.2, 0.25) is 12.3 Å². The number of nitrogens with zero attached hydrogens (tertiary/aromatic N) is 2. The smallest absolute Gasteiger partial charge is 0.231 e. The van der Waals surface area contributed by atoms with Crippen molar-refractivity contribution in [3.63, 3.8) is 0 Å². The average Bonchev–Trinajstić information content (AvgIpc) is 2.64. The van der Waals surface area contributed by atoms with Gasteiger partial charge in [-0.25, -0.2) is 0 Å². The van der Waals surface area contributed by atoms with E-state index in [2.05, 4.69) is 6.92 Å². The van der Waals surface area contributed by atoms with Crippen LogP contribution in [0.25, 0.3) is 0 Å². The fraction of sp³-hybridized carbons (Fsp3) is 0.556. The van der Waals surface area contributed by atoms with Crippen LogP contribution in [0.4, 0.5) is 11.4 Å². The molecular weight excluding hydrogens is 276 g/mol. The van der Waals surface area contributed by atoms with E-state index >= 15 is 0 Å². The third kappa shape index (κ3) is 3.67. The molecule has 0 spiro atoms. The zero-order valence-electron chi connectivity index (χ0n) is 13.6. The van der Waals surface area contributed by atoms with Crippen molar-refractivity contribution in [3.05, 3.63) is 24.3 Å². The minimum absolute atomic E-state index is 0.118. The summed E-state index contributed by atoms with van der Waals surface area (Å²) >= 11 is 0. The normalized spacial score (nSPS) is 18.1. The summed E-state index contributed by atoms with van der Waals surface area (Å²) in [6, 6.07) is 7.69. The van der Waals surface area contributed by atoms with Gasteiger partial charge in [-0.15, -0.1) is 0 Å². The average molecular weight is 302 g/mol. The lowest BCUT2D eigenvalue weighted by atomic mass is 10.1. The molecular formula is C18H26N2O2. The van der Waals surface area contributed by atoms with E-state index in [1.54, 1.807) is 4.90 Å². The Bertz CT molecular complexity index is 516. The number of para-hydroxylation sites is 2. The van der Waals surface area contributed by atoms with Gasteiger partial charge in [0, 0.05) is 13.1 Å². The van der Waals surface area contributed by atoms with E-state index in [-0.39, 0.29) is 11.8 Å². The fourth-order valence-electron chi connectivity index (χ4n) is 3.00. The molecule has 4 nitrogen and oxygen atoms in total. The highest BCUT2D eigenvalue weighted by molar-refractivity contribution is 6.02. The minimum Gasteiger partial charge on any atom is -0.312 e. The van der Waals surface area contributed by atoms with Crippen LogP contribution in [0.5, 0.6) is 0 Å². The molecule has 0 bridgehead atoms. The predicted octanol–water partition coefficient (Wildman–Crippen LogP) is 3.60. The molecule has 1 atom stereocenters. The number of hydrogen-bond acceptors (Lipinski definition) is 2. The first-order valence-corrected chi connectivity index (χ1v) is 8.31. The van der Waals surface area contributed by atoms with Crippen molar-refractivity contribution in [1.29, 1.82) is 0 Å². The maximum Gasteiger partial charge on any atom is 0.231 e. The number of amides is 2. The van der Waals surface area contributed by atoms with Crippen molar-refractivity contribution in [1.82, 2.24) is 0 Å². The van der Waals surface area contributed by atoms with Crippen molar-refractivity contribution in [2.45, 2.75) is 46.0 Å². The van der Waals surface area contributed by atoms with Gasteiger partial charge in [-0.1, -0.05) is 51.7 Å². The first kappa shape index (κ1) is 16.5. The summed E-state index contributed by atoms with van der Waals surface area (Å²) in [5.41, 5.74) is 1.70. The van der Waals surface area contributed by atoms with Crippen molar-refractivity contribution in [2.24, 2.45) is 5.92 Å². The van der Waals surface area contributed by atoms with Crippen LogP contribution in [0.1, 0.15) is 46.0 Å². The fourth-order valence-corrected chi connectivity index (χ4v) is 3.00. The molecule has 1 aromatic carbocycles. The SMILES string of the molecule is CCCCCCCN1C(=O)C(C)CN(C=O)c2ccccc21.